The van der Waals surface area contributed by atoms with Gasteiger partial charge in [-0.3, -0.25) is 33.1 Å². The smallest absolute Gasteiger partial charge is 0.335 e. The topological polar surface area (TPSA) is 318 Å². The molecule has 0 fully saturated rings. The normalized spacial score (nSPS) is 13.4. The predicted octanol–water partition coefficient (Wildman–Crippen LogP) is 20.2. The van der Waals surface area contributed by atoms with Crippen molar-refractivity contribution in [1.82, 2.24) is 39.1 Å². The van der Waals surface area contributed by atoms with Crippen molar-refractivity contribution in [2.45, 2.75) is 253 Å². The van der Waals surface area contributed by atoms with Gasteiger partial charge in [-0.15, -0.1) is 0 Å². The third kappa shape index (κ3) is 30.4. The molecule has 8 aromatic rings. The molecule has 0 amide bonds. The molecular formula is C98H128N12O13. The zero-order chi connectivity index (χ0) is 92.6. The lowest BCUT2D eigenvalue weighted by atomic mass is 9.86. The van der Waals surface area contributed by atoms with E-state index in [0.29, 0.717) is 86.5 Å². The Morgan fingerprint density at radius 2 is 0.602 bits per heavy atom. The van der Waals surface area contributed by atoms with Crippen molar-refractivity contribution < 1.29 is 61.8 Å². The number of esters is 4. The third-order valence-electron chi connectivity index (χ3n) is 18.9. The predicted molar refractivity (Wildman–Crippen MR) is 479 cm³/mol. The molecular weight excluding hydrogens is 1550 g/mol. The second-order valence-electron chi connectivity index (χ2n) is 35.8. The minimum absolute atomic E-state index is 0.00239. The first-order valence-electron chi connectivity index (χ1n) is 41.3. The standard InChI is InChI=1S/3C25H33N3O3.C23H29N3O4/c1-16-14-21(28(9)27-16)22(30-17(2)31-23(29)25(6,7)8)20(15-26)18-10-12-19(13-11-18)24(3,4)5;1-16(2)13-23(29)30-18(4)31-24(22-14-17(3)27-28(22)8)21(15-26)19-9-11-20(12-10-19)25(5,6)7;1-8-9-10-23(29)30-18(3)31-24(22-15-17(2)27-28(22)7)21(16-26)19-11-13-20(14-12-19)25(4,5)6;1-15-12-20(26(6)25-15)22(30-16(2)29-21(27)14-28-7)19(13-24)17-8-10-18(11-9-17)23(3,4)5/h10-14,17H,1-9H3;9-12,14,16,18H,13H2,1-8H3;11-15,18H,8-10H2,1-7H3;8-12,16H,14H2,1-7H3/b22-20-;2*24-21-;22-19-. The van der Waals surface area contributed by atoms with Gasteiger partial charge in [0.15, 0.2) is 23.0 Å². The Bertz CT molecular complexity index is 5240. The molecule has 0 bridgehead atoms. The van der Waals surface area contributed by atoms with Crippen molar-refractivity contribution in [3.63, 3.8) is 0 Å². The quantitative estimate of drug-likeness (QED) is 0.0152. The summed E-state index contributed by atoms with van der Waals surface area (Å²) < 4.78 is 57.0. The summed E-state index contributed by atoms with van der Waals surface area (Å²) in [7, 11) is 8.55. The van der Waals surface area contributed by atoms with E-state index >= 15 is 0 Å². The van der Waals surface area contributed by atoms with Gasteiger partial charge >= 0.3 is 23.9 Å². The molecule has 0 saturated carbocycles. The minimum atomic E-state index is -0.921. The highest BCUT2D eigenvalue weighted by atomic mass is 16.7. The number of nitrogens with zero attached hydrogens (tertiary/aromatic N) is 12. The Balaban J connectivity index is 0.000000291. The molecule has 0 radical (unpaired) electrons. The molecule has 0 aliphatic heterocycles. The van der Waals surface area contributed by atoms with Gasteiger partial charge in [0.25, 0.3) is 0 Å². The number of hydrogen-bond acceptors (Lipinski definition) is 21. The fraction of sp³-hybridized carbons (Fsp3) is 0.469. The second kappa shape index (κ2) is 44.5. The molecule has 25 nitrogen and oxygen atoms in total. The summed E-state index contributed by atoms with van der Waals surface area (Å²) in [6.45, 7) is 50.8. The first-order chi connectivity index (χ1) is 57.3. The molecule has 4 unspecified atom stereocenters. The number of unbranched alkanes of at least 4 members (excludes halogenated alkanes) is 1. The number of methoxy groups -OCH3 is 1. The van der Waals surface area contributed by atoms with E-state index in [1.165, 1.54) is 23.8 Å². The lowest BCUT2D eigenvalue weighted by molar-refractivity contribution is -0.174. The number of benzene rings is 4. The number of aromatic nitrogens is 8. The average molecular weight is 1680 g/mol. The van der Waals surface area contributed by atoms with Gasteiger partial charge in [-0.05, 0) is 151 Å². The highest BCUT2D eigenvalue weighted by Gasteiger charge is 2.31. The van der Waals surface area contributed by atoms with Crippen LogP contribution in [0.2, 0.25) is 0 Å². The Kier molecular flexibility index (Phi) is 36.6. The summed E-state index contributed by atoms with van der Waals surface area (Å²) in [6, 6.07) is 47.8. The Hall–Kier alpha value is -12.3. The van der Waals surface area contributed by atoms with Gasteiger partial charge in [-0.2, -0.15) is 41.4 Å². The van der Waals surface area contributed by atoms with Gasteiger partial charge in [0.2, 0.25) is 25.2 Å². The number of allylic oxidation sites excluding steroid dienone is 4. The van der Waals surface area contributed by atoms with Crippen molar-refractivity contribution in [2.75, 3.05) is 13.7 Å². The van der Waals surface area contributed by atoms with E-state index < -0.39 is 36.5 Å². The van der Waals surface area contributed by atoms with E-state index in [0.717, 1.165) is 57.9 Å². The van der Waals surface area contributed by atoms with Crippen LogP contribution in [0, 0.1) is 84.4 Å². The first kappa shape index (κ1) is 101. The second-order valence-corrected chi connectivity index (χ2v) is 35.8. The van der Waals surface area contributed by atoms with E-state index in [2.05, 4.69) is 128 Å². The van der Waals surface area contributed by atoms with Crippen LogP contribution in [0.15, 0.2) is 121 Å². The Morgan fingerprint density at radius 1 is 0.366 bits per heavy atom. The molecule has 123 heavy (non-hydrogen) atoms. The van der Waals surface area contributed by atoms with Crippen LogP contribution in [0.5, 0.6) is 0 Å². The first-order valence-corrected chi connectivity index (χ1v) is 41.3. The Morgan fingerprint density at radius 3 is 0.797 bits per heavy atom. The number of carbonyl (C=O) groups excluding carboxylic acids is 4. The summed E-state index contributed by atoms with van der Waals surface area (Å²) in [5.74, 6) is -0.120. The lowest BCUT2D eigenvalue weighted by Gasteiger charge is -2.23. The van der Waals surface area contributed by atoms with Crippen molar-refractivity contribution in [3.8, 4) is 24.3 Å². The van der Waals surface area contributed by atoms with Gasteiger partial charge in [0.1, 0.15) is 76.0 Å². The van der Waals surface area contributed by atoms with Crippen LogP contribution in [-0.4, -0.2) is 102 Å². The van der Waals surface area contributed by atoms with Crippen molar-refractivity contribution >= 4 is 69.2 Å². The maximum atomic E-state index is 12.3. The summed E-state index contributed by atoms with van der Waals surface area (Å²) >= 11 is 0. The number of nitriles is 4. The van der Waals surface area contributed by atoms with Crippen LogP contribution in [0.3, 0.4) is 0 Å². The van der Waals surface area contributed by atoms with Gasteiger partial charge in [-0.25, -0.2) is 4.79 Å². The summed E-state index contributed by atoms with van der Waals surface area (Å²) in [5.41, 5.74) is 14.0. The molecule has 658 valence electrons. The van der Waals surface area contributed by atoms with Gasteiger partial charge in [0, 0.05) is 75.8 Å². The summed E-state index contributed by atoms with van der Waals surface area (Å²) in [6.07, 6.45) is -1.18. The van der Waals surface area contributed by atoms with Gasteiger partial charge in [-0.1, -0.05) is 207 Å². The molecule has 4 aromatic heterocycles. The van der Waals surface area contributed by atoms with Crippen LogP contribution in [0.1, 0.15) is 268 Å². The molecule has 4 aromatic carbocycles. The van der Waals surface area contributed by atoms with Crippen molar-refractivity contribution in [1.29, 1.82) is 21.0 Å². The molecule has 0 aliphatic carbocycles. The molecule has 0 aliphatic rings. The zero-order valence-electron chi connectivity index (χ0n) is 78.1. The van der Waals surface area contributed by atoms with Crippen molar-refractivity contribution in [2.24, 2.45) is 39.5 Å². The lowest BCUT2D eigenvalue weighted by Crippen LogP contribution is -2.28. The van der Waals surface area contributed by atoms with Crippen LogP contribution < -0.4 is 0 Å². The molecule has 4 heterocycles. The number of ether oxygens (including phenoxy) is 9. The molecule has 25 heteroatoms. The van der Waals surface area contributed by atoms with Crippen LogP contribution >= 0.6 is 0 Å². The maximum absolute atomic E-state index is 12.3. The van der Waals surface area contributed by atoms with E-state index in [9.17, 15) is 40.2 Å². The summed E-state index contributed by atoms with van der Waals surface area (Å²) in [4.78, 5) is 48.2. The number of hydrogen-bond donors (Lipinski definition) is 0. The van der Waals surface area contributed by atoms with Gasteiger partial charge in [0.05, 0.1) is 28.2 Å². The van der Waals surface area contributed by atoms with Gasteiger partial charge < -0.3 is 42.6 Å². The third-order valence-corrected chi connectivity index (χ3v) is 18.9. The van der Waals surface area contributed by atoms with E-state index in [1.54, 1.807) is 95.4 Å². The zero-order valence-corrected chi connectivity index (χ0v) is 78.1. The minimum Gasteiger partial charge on any atom is -0.451 e. The number of rotatable bonds is 27. The molecule has 8 rings (SSSR count). The maximum Gasteiger partial charge on any atom is 0.335 e. The highest BCUT2D eigenvalue weighted by Crippen LogP contribution is 2.37. The molecule has 0 saturated heterocycles. The monoisotopic (exact) mass is 1680 g/mol. The number of aryl methyl sites for hydroxylation is 8. The molecule has 0 N–H and O–H groups in total. The summed E-state index contributed by atoms with van der Waals surface area (Å²) in [5, 5.41) is 57.6. The molecule has 0 spiro atoms. The van der Waals surface area contributed by atoms with E-state index in [4.69, 9.17) is 42.6 Å². The fourth-order valence-electron chi connectivity index (χ4n) is 12.4. The average Bonchev–Trinajstić information content (AvgIpc) is 1.77. The largest absolute Gasteiger partial charge is 0.451 e. The van der Waals surface area contributed by atoms with Crippen LogP contribution in [0.4, 0.5) is 0 Å². The van der Waals surface area contributed by atoms with Crippen molar-refractivity contribution in [3.05, 3.63) is 211 Å². The number of carbonyl (C=O) groups is 4. The van der Waals surface area contributed by atoms with E-state index in [1.807, 2.05) is 170 Å². The van der Waals surface area contributed by atoms with E-state index in [-0.39, 0.29) is 52.1 Å². The van der Waals surface area contributed by atoms with Crippen LogP contribution in [-0.2, 0) is 112 Å². The SMILES string of the molecule is CCCCC(=O)OC(C)O/C(=C(/C#N)c1ccc(C(C)(C)C)cc1)c1cc(C)nn1C.COCC(=O)OC(C)O/C(=C(/C#N)c1ccc(C(C)(C)C)cc1)c1cc(C)nn1C.Cc1cc(/C(OC(C)OC(=O)C(C)(C)C)=C(\C#N)c2ccc(C(C)(C)C)cc2)n(C)n1.Cc1cc(/C(OC(C)OC(=O)CC(C)C)=C(\C#N)c2ccc(C(C)(C)C)cc2)n(C)n1. The van der Waals surface area contributed by atoms with Crippen LogP contribution in [0.25, 0.3) is 45.3 Å². The highest BCUT2D eigenvalue weighted by molar-refractivity contribution is 5.97. The molecule has 4 atom stereocenters. The fourth-order valence-corrected chi connectivity index (χ4v) is 12.4. The Labute approximate surface area is 728 Å².